The van der Waals surface area contributed by atoms with Gasteiger partial charge in [0.15, 0.2) is 0 Å². The zero-order chi connectivity index (χ0) is 26.3. The number of carbonyl (C=O) groups excluding carboxylic acids is 2. The summed E-state index contributed by atoms with van der Waals surface area (Å²) in [6, 6.07) is 7.28. The van der Waals surface area contributed by atoms with Crippen LogP contribution >= 0.6 is 0 Å². The molecule has 0 saturated heterocycles. The van der Waals surface area contributed by atoms with E-state index in [0.29, 0.717) is 19.4 Å². The highest BCUT2D eigenvalue weighted by Crippen LogP contribution is 2.18. The summed E-state index contributed by atoms with van der Waals surface area (Å²) in [5.41, 5.74) is 13.2. The van der Waals surface area contributed by atoms with Crippen LogP contribution in [0.2, 0.25) is 0 Å². The first kappa shape index (κ1) is 31.6. The van der Waals surface area contributed by atoms with Crippen molar-refractivity contribution in [2.45, 2.75) is 92.5 Å². The van der Waals surface area contributed by atoms with Gasteiger partial charge in [0, 0.05) is 25.0 Å². The molecule has 6 nitrogen and oxygen atoms in total. The summed E-state index contributed by atoms with van der Waals surface area (Å²) in [4.78, 5) is 24.5. The minimum atomic E-state index is -0.674. The van der Waals surface area contributed by atoms with Gasteiger partial charge >= 0.3 is 11.9 Å². The van der Waals surface area contributed by atoms with E-state index < -0.39 is 29.7 Å². The maximum atomic E-state index is 12.5. The maximum absolute atomic E-state index is 12.5. The molecule has 0 bridgehead atoms. The lowest BCUT2D eigenvalue weighted by atomic mass is 9.99. The van der Waals surface area contributed by atoms with E-state index in [0.717, 1.165) is 11.1 Å². The zero-order valence-corrected chi connectivity index (χ0v) is 22.3. The van der Waals surface area contributed by atoms with Crippen molar-refractivity contribution in [3.63, 3.8) is 0 Å². The molecule has 1 aromatic rings. The first-order valence-electron chi connectivity index (χ1n) is 12.2. The molecule has 0 amide bonds. The zero-order valence-electron chi connectivity index (χ0n) is 22.3. The van der Waals surface area contributed by atoms with Gasteiger partial charge in [0.2, 0.25) is 0 Å². The van der Waals surface area contributed by atoms with E-state index in [4.69, 9.17) is 20.9 Å². The average Bonchev–Trinajstić information content (AvgIpc) is 2.76. The standard InChI is InChI=1S/C26H40N2O4.C2H6/c1-18(2)16-22(28)25(30)31-23(8-7-9-24(29)32-26(4,5)6)19(3)10-11-20-12-14-21(17-27)15-13-20;1-2/h7,9-15,18-19,22-23H,8,16-17,27-28H2,1-6H3;1-2H3/b9-7+,11-10+;/t19?,22?,23-;/m0./s1. The Morgan fingerprint density at radius 3 is 2.15 bits per heavy atom. The highest BCUT2D eigenvalue weighted by molar-refractivity contribution is 5.82. The third-order valence-electron chi connectivity index (χ3n) is 4.72. The fourth-order valence-electron chi connectivity index (χ4n) is 3.00. The average molecular weight is 475 g/mol. The Morgan fingerprint density at radius 1 is 1.06 bits per heavy atom. The van der Waals surface area contributed by atoms with Crippen LogP contribution in [0, 0.1) is 11.8 Å². The van der Waals surface area contributed by atoms with E-state index in [2.05, 4.69) is 0 Å². The number of carbonyl (C=O) groups is 2. The Labute approximate surface area is 206 Å². The molecule has 0 fully saturated rings. The second-order valence-corrected chi connectivity index (χ2v) is 9.55. The van der Waals surface area contributed by atoms with Crippen molar-refractivity contribution in [1.29, 1.82) is 0 Å². The topological polar surface area (TPSA) is 105 Å². The Bertz CT molecular complexity index is 777. The van der Waals surface area contributed by atoms with Crippen molar-refractivity contribution >= 4 is 18.0 Å². The Morgan fingerprint density at radius 2 is 1.65 bits per heavy atom. The highest BCUT2D eigenvalue weighted by atomic mass is 16.6. The predicted molar refractivity (Wildman–Crippen MR) is 141 cm³/mol. The molecular formula is C28H46N2O4. The highest BCUT2D eigenvalue weighted by Gasteiger charge is 2.24. The minimum absolute atomic E-state index is 0.0947. The molecule has 1 rings (SSSR count). The molecule has 0 aliphatic rings. The van der Waals surface area contributed by atoms with Crippen molar-refractivity contribution < 1.29 is 19.1 Å². The monoisotopic (exact) mass is 474 g/mol. The maximum Gasteiger partial charge on any atom is 0.330 e. The molecule has 3 atom stereocenters. The number of esters is 2. The first-order chi connectivity index (χ1) is 15.9. The van der Waals surface area contributed by atoms with Gasteiger partial charge in [-0.1, -0.05) is 77.1 Å². The van der Waals surface area contributed by atoms with Crippen LogP contribution in [0.1, 0.15) is 79.4 Å². The van der Waals surface area contributed by atoms with Gasteiger partial charge in [-0.25, -0.2) is 4.79 Å². The normalized spacial score (nSPS) is 14.4. The number of hydrogen-bond acceptors (Lipinski definition) is 6. The van der Waals surface area contributed by atoms with Gasteiger partial charge in [-0.3, -0.25) is 4.79 Å². The quantitative estimate of drug-likeness (QED) is 0.329. The lowest BCUT2D eigenvalue weighted by Crippen LogP contribution is -2.37. The molecule has 192 valence electrons. The van der Waals surface area contributed by atoms with Crippen LogP contribution in [0.3, 0.4) is 0 Å². The number of benzene rings is 1. The molecule has 0 heterocycles. The number of nitrogens with two attached hydrogens (primary N) is 2. The Kier molecular flexibility index (Phi) is 15.1. The molecule has 0 aromatic heterocycles. The smallest absolute Gasteiger partial charge is 0.330 e. The largest absolute Gasteiger partial charge is 0.460 e. The molecule has 6 heteroatoms. The van der Waals surface area contributed by atoms with E-state index in [1.54, 1.807) is 6.08 Å². The van der Waals surface area contributed by atoms with Crippen molar-refractivity contribution in [2.24, 2.45) is 23.3 Å². The molecule has 4 N–H and O–H groups in total. The van der Waals surface area contributed by atoms with Crippen LogP contribution in [-0.2, 0) is 25.6 Å². The first-order valence-corrected chi connectivity index (χ1v) is 12.2. The van der Waals surface area contributed by atoms with Crippen molar-refractivity contribution in [2.75, 3.05) is 0 Å². The summed E-state index contributed by atoms with van der Waals surface area (Å²) >= 11 is 0. The second-order valence-electron chi connectivity index (χ2n) is 9.55. The molecular weight excluding hydrogens is 428 g/mol. The summed E-state index contributed by atoms with van der Waals surface area (Å²) in [6.07, 6.45) is 7.50. The third-order valence-corrected chi connectivity index (χ3v) is 4.72. The summed E-state index contributed by atoms with van der Waals surface area (Å²) in [5, 5.41) is 0. The minimum Gasteiger partial charge on any atom is -0.460 e. The fraction of sp³-hybridized carbons (Fsp3) is 0.571. The van der Waals surface area contributed by atoms with Crippen molar-refractivity contribution in [3.8, 4) is 0 Å². The molecule has 0 aliphatic carbocycles. The van der Waals surface area contributed by atoms with Gasteiger partial charge in [-0.15, -0.1) is 0 Å². The van der Waals surface area contributed by atoms with E-state index in [-0.39, 0.29) is 11.8 Å². The number of hydrogen-bond donors (Lipinski definition) is 2. The number of rotatable bonds is 11. The third kappa shape index (κ3) is 14.0. The second kappa shape index (κ2) is 16.2. The lowest BCUT2D eigenvalue weighted by molar-refractivity contribution is -0.152. The SMILES string of the molecule is CC.CC(C)CC(N)C(=O)O[C@@H](C/C=C/C(=O)OC(C)(C)C)C(C)/C=C/c1ccc(CN)cc1. The van der Waals surface area contributed by atoms with Crippen LogP contribution in [-0.4, -0.2) is 29.7 Å². The van der Waals surface area contributed by atoms with Gasteiger partial charge < -0.3 is 20.9 Å². The van der Waals surface area contributed by atoms with Crippen LogP contribution in [0.15, 0.2) is 42.5 Å². The lowest BCUT2D eigenvalue weighted by Gasteiger charge is -2.23. The van der Waals surface area contributed by atoms with Gasteiger partial charge in [0.05, 0.1) is 0 Å². The summed E-state index contributed by atoms with van der Waals surface area (Å²) in [7, 11) is 0. The predicted octanol–water partition coefficient (Wildman–Crippen LogP) is 5.39. The Hall–Kier alpha value is -2.44. The molecule has 0 aliphatic heterocycles. The van der Waals surface area contributed by atoms with E-state index >= 15 is 0 Å². The molecule has 2 unspecified atom stereocenters. The van der Waals surface area contributed by atoms with Gasteiger partial charge in [0.1, 0.15) is 17.7 Å². The molecule has 0 saturated carbocycles. The van der Waals surface area contributed by atoms with E-state index in [1.807, 2.05) is 91.8 Å². The van der Waals surface area contributed by atoms with Crippen LogP contribution in [0.4, 0.5) is 0 Å². The summed E-state index contributed by atoms with van der Waals surface area (Å²) in [6.45, 7) is 15.9. The van der Waals surface area contributed by atoms with Crippen LogP contribution in [0.5, 0.6) is 0 Å². The fourth-order valence-corrected chi connectivity index (χ4v) is 3.00. The van der Waals surface area contributed by atoms with E-state index in [1.165, 1.54) is 6.08 Å². The molecule has 1 aromatic carbocycles. The van der Waals surface area contributed by atoms with Gasteiger partial charge in [-0.05, 0) is 44.2 Å². The van der Waals surface area contributed by atoms with Gasteiger partial charge in [0.25, 0.3) is 0 Å². The molecule has 0 radical (unpaired) electrons. The molecule has 34 heavy (non-hydrogen) atoms. The van der Waals surface area contributed by atoms with Gasteiger partial charge in [-0.2, -0.15) is 0 Å². The Balaban J connectivity index is 0.00000529. The van der Waals surface area contributed by atoms with Crippen LogP contribution < -0.4 is 11.5 Å². The summed E-state index contributed by atoms with van der Waals surface area (Å²) < 4.78 is 11.0. The summed E-state index contributed by atoms with van der Waals surface area (Å²) in [5.74, 6) is -0.663. The molecule has 0 spiro atoms. The number of ether oxygens (including phenoxy) is 2. The van der Waals surface area contributed by atoms with E-state index in [9.17, 15) is 9.59 Å². The van der Waals surface area contributed by atoms with Crippen molar-refractivity contribution in [3.05, 3.63) is 53.6 Å². The van der Waals surface area contributed by atoms with Crippen LogP contribution in [0.25, 0.3) is 6.08 Å². The van der Waals surface area contributed by atoms with Crippen molar-refractivity contribution in [1.82, 2.24) is 0 Å².